The van der Waals surface area contributed by atoms with Crippen molar-refractivity contribution in [2.24, 2.45) is 0 Å². The van der Waals surface area contributed by atoms with E-state index < -0.39 is 0 Å². The fourth-order valence-electron chi connectivity index (χ4n) is 5.36. The first-order valence-electron chi connectivity index (χ1n) is 11.6. The van der Waals surface area contributed by atoms with Crippen molar-refractivity contribution in [2.75, 3.05) is 26.3 Å². The summed E-state index contributed by atoms with van der Waals surface area (Å²) < 4.78 is 18.6. The van der Waals surface area contributed by atoms with Gasteiger partial charge < -0.3 is 19.1 Å². The van der Waals surface area contributed by atoms with Crippen LogP contribution in [0.1, 0.15) is 60.2 Å². The minimum Gasteiger partial charge on any atom is -0.492 e. The summed E-state index contributed by atoms with van der Waals surface area (Å²) in [6.45, 7) is 4.83. The third-order valence-corrected chi connectivity index (χ3v) is 6.95. The summed E-state index contributed by atoms with van der Waals surface area (Å²) in [5, 5.41) is 0. The number of amides is 1. The average molecular weight is 422 g/mol. The molecule has 5 rings (SSSR count). The van der Waals surface area contributed by atoms with Crippen molar-refractivity contribution in [3.05, 3.63) is 65.2 Å². The minimum atomic E-state index is -0.232. The number of carbonyl (C=O) groups is 1. The van der Waals surface area contributed by atoms with Crippen LogP contribution < -0.4 is 4.74 Å². The summed E-state index contributed by atoms with van der Waals surface area (Å²) in [6, 6.07) is 16.4. The molecular weight excluding hydrogens is 390 g/mol. The van der Waals surface area contributed by atoms with E-state index in [4.69, 9.17) is 14.2 Å². The van der Waals surface area contributed by atoms with Gasteiger partial charge in [-0.05, 0) is 37.0 Å². The Hall–Kier alpha value is -2.37. The Labute approximate surface area is 184 Å². The van der Waals surface area contributed by atoms with Gasteiger partial charge in [-0.2, -0.15) is 0 Å². The molecule has 1 spiro atoms. The van der Waals surface area contributed by atoms with Crippen molar-refractivity contribution < 1.29 is 19.0 Å². The molecule has 0 bridgehead atoms. The Morgan fingerprint density at radius 2 is 1.94 bits per heavy atom. The molecule has 3 heterocycles. The molecule has 164 valence electrons. The molecule has 2 atom stereocenters. The van der Waals surface area contributed by atoms with Crippen molar-refractivity contribution in [3.63, 3.8) is 0 Å². The van der Waals surface area contributed by atoms with E-state index in [0.29, 0.717) is 31.9 Å². The van der Waals surface area contributed by atoms with Crippen LogP contribution >= 0.6 is 0 Å². The summed E-state index contributed by atoms with van der Waals surface area (Å²) >= 11 is 0. The van der Waals surface area contributed by atoms with Gasteiger partial charge in [-0.25, -0.2) is 0 Å². The number of likely N-dealkylation sites (tertiary alicyclic amines) is 1. The van der Waals surface area contributed by atoms with Gasteiger partial charge in [-0.1, -0.05) is 42.5 Å². The third-order valence-electron chi connectivity index (χ3n) is 6.95. The lowest BCUT2D eigenvalue weighted by atomic mass is 9.80. The Morgan fingerprint density at radius 3 is 2.71 bits per heavy atom. The second-order valence-corrected chi connectivity index (χ2v) is 8.90. The number of hydrogen-bond donors (Lipinski definition) is 0. The first-order valence-corrected chi connectivity index (χ1v) is 11.6. The highest BCUT2D eigenvalue weighted by Crippen LogP contribution is 2.44. The normalized spacial score (nSPS) is 24.6. The lowest BCUT2D eigenvalue weighted by Crippen LogP contribution is -2.52. The van der Waals surface area contributed by atoms with Gasteiger partial charge in [0, 0.05) is 39.0 Å². The number of benzene rings is 2. The third kappa shape index (κ3) is 4.09. The molecule has 0 saturated carbocycles. The summed E-state index contributed by atoms with van der Waals surface area (Å²) in [6.07, 6.45) is 4.57. The fourth-order valence-corrected chi connectivity index (χ4v) is 5.36. The SMILES string of the molecule is CCO[C@H]1C[C@@H](c2ccccc2)OC2(CCN(C(=O)c3cccc4c3OCC4)CC2)C1. The van der Waals surface area contributed by atoms with E-state index in [1.165, 1.54) is 5.56 Å². The summed E-state index contributed by atoms with van der Waals surface area (Å²) in [4.78, 5) is 15.2. The maximum atomic E-state index is 13.3. The molecule has 0 aromatic heterocycles. The zero-order valence-electron chi connectivity index (χ0n) is 18.2. The van der Waals surface area contributed by atoms with Crippen molar-refractivity contribution in [3.8, 4) is 5.75 Å². The minimum absolute atomic E-state index is 0.0412. The number of para-hydroxylation sites is 1. The molecule has 3 aliphatic rings. The molecule has 3 aliphatic heterocycles. The first kappa shape index (κ1) is 20.5. The number of ether oxygens (including phenoxy) is 3. The maximum absolute atomic E-state index is 13.3. The Bertz CT molecular complexity index is 920. The number of nitrogens with zero attached hydrogens (tertiary/aromatic N) is 1. The largest absolute Gasteiger partial charge is 0.492 e. The molecule has 1 amide bonds. The molecule has 2 aromatic carbocycles. The number of hydrogen-bond acceptors (Lipinski definition) is 4. The van der Waals surface area contributed by atoms with E-state index in [1.807, 2.05) is 23.1 Å². The lowest BCUT2D eigenvalue weighted by molar-refractivity contribution is -0.190. The smallest absolute Gasteiger partial charge is 0.257 e. The van der Waals surface area contributed by atoms with Crippen molar-refractivity contribution in [1.82, 2.24) is 4.90 Å². The van der Waals surface area contributed by atoms with Crippen molar-refractivity contribution in [2.45, 2.75) is 56.8 Å². The van der Waals surface area contributed by atoms with E-state index in [1.54, 1.807) is 0 Å². The highest BCUT2D eigenvalue weighted by atomic mass is 16.5. The van der Waals surface area contributed by atoms with Gasteiger partial charge in [0.15, 0.2) is 0 Å². The second-order valence-electron chi connectivity index (χ2n) is 8.90. The van der Waals surface area contributed by atoms with E-state index in [9.17, 15) is 4.79 Å². The van der Waals surface area contributed by atoms with Gasteiger partial charge in [0.25, 0.3) is 5.91 Å². The Morgan fingerprint density at radius 1 is 1.13 bits per heavy atom. The summed E-state index contributed by atoms with van der Waals surface area (Å²) in [5.41, 5.74) is 2.82. The quantitative estimate of drug-likeness (QED) is 0.727. The van der Waals surface area contributed by atoms with Crippen LogP contribution in [0.15, 0.2) is 48.5 Å². The molecule has 0 radical (unpaired) electrons. The molecule has 0 unspecified atom stereocenters. The lowest BCUT2D eigenvalue weighted by Gasteiger charge is -2.48. The monoisotopic (exact) mass is 421 g/mol. The zero-order chi connectivity index (χ0) is 21.3. The van der Waals surface area contributed by atoms with Crippen LogP contribution in [-0.4, -0.2) is 48.8 Å². The van der Waals surface area contributed by atoms with E-state index in [2.05, 4.69) is 37.3 Å². The van der Waals surface area contributed by atoms with E-state index in [-0.39, 0.29) is 23.7 Å². The average Bonchev–Trinajstić information content (AvgIpc) is 3.29. The van der Waals surface area contributed by atoms with Crippen LogP contribution in [0.4, 0.5) is 0 Å². The molecule has 5 nitrogen and oxygen atoms in total. The maximum Gasteiger partial charge on any atom is 0.257 e. The highest BCUT2D eigenvalue weighted by Gasteiger charge is 2.45. The fraction of sp³-hybridized carbons (Fsp3) is 0.500. The van der Waals surface area contributed by atoms with E-state index >= 15 is 0 Å². The summed E-state index contributed by atoms with van der Waals surface area (Å²) in [5.74, 6) is 0.854. The van der Waals surface area contributed by atoms with Gasteiger partial charge >= 0.3 is 0 Å². The molecule has 5 heteroatoms. The molecule has 2 fully saturated rings. The van der Waals surface area contributed by atoms with Crippen LogP contribution in [0.2, 0.25) is 0 Å². The van der Waals surface area contributed by atoms with Gasteiger partial charge in [0.2, 0.25) is 0 Å². The van der Waals surface area contributed by atoms with Crippen LogP contribution in [-0.2, 0) is 15.9 Å². The van der Waals surface area contributed by atoms with Crippen molar-refractivity contribution in [1.29, 1.82) is 0 Å². The topological polar surface area (TPSA) is 48.0 Å². The van der Waals surface area contributed by atoms with Crippen LogP contribution in [0.25, 0.3) is 0 Å². The number of carbonyl (C=O) groups excluding carboxylic acids is 1. The standard InChI is InChI=1S/C26H31NO4/c1-2-29-21-17-23(19-7-4-3-5-8-19)31-26(18-21)12-14-27(15-13-26)25(28)22-10-6-9-20-11-16-30-24(20)22/h3-10,21,23H,2,11-18H2,1H3/t21-,23-/m0/s1. The molecule has 2 aromatic rings. The highest BCUT2D eigenvalue weighted by molar-refractivity contribution is 5.97. The molecule has 0 N–H and O–H groups in total. The van der Waals surface area contributed by atoms with Gasteiger partial charge in [0.05, 0.1) is 30.0 Å². The zero-order valence-corrected chi connectivity index (χ0v) is 18.2. The summed E-state index contributed by atoms with van der Waals surface area (Å²) in [7, 11) is 0. The number of piperidine rings is 1. The molecular formula is C26H31NO4. The van der Waals surface area contributed by atoms with Crippen LogP contribution in [0, 0.1) is 0 Å². The van der Waals surface area contributed by atoms with Crippen LogP contribution in [0.3, 0.4) is 0 Å². The number of fused-ring (bicyclic) bond motifs is 1. The Balaban J connectivity index is 1.31. The molecule has 31 heavy (non-hydrogen) atoms. The molecule has 0 aliphatic carbocycles. The predicted molar refractivity (Wildman–Crippen MR) is 118 cm³/mol. The number of rotatable bonds is 4. The van der Waals surface area contributed by atoms with Crippen molar-refractivity contribution >= 4 is 5.91 Å². The second kappa shape index (κ2) is 8.64. The van der Waals surface area contributed by atoms with Gasteiger partial charge in [-0.3, -0.25) is 4.79 Å². The molecule has 2 saturated heterocycles. The van der Waals surface area contributed by atoms with E-state index in [0.717, 1.165) is 43.4 Å². The van der Waals surface area contributed by atoms with Gasteiger partial charge in [-0.15, -0.1) is 0 Å². The Kier molecular flexibility index (Phi) is 5.72. The first-order chi connectivity index (χ1) is 15.2. The van der Waals surface area contributed by atoms with Gasteiger partial charge in [0.1, 0.15) is 5.75 Å². The predicted octanol–water partition coefficient (Wildman–Crippen LogP) is 4.55. The van der Waals surface area contributed by atoms with Crippen LogP contribution in [0.5, 0.6) is 5.75 Å².